The molecular formula is C12H9N3O2S. The van der Waals surface area contributed by atoms with Gasteiger partial charge in [0.2, 0.25) is 6.79 Å². The number of benzene rings is 1. The largest absolute Gasteiger partial charge is 0.454 e. The summed E-state index contributed by atoms with van der Waals surface area (Å²) < 4.78 is 10.6. The summed E-state index contributed by atoms with van der Waals surface area (Å²) in [7, 11) is 0. The zero-order chi connectivity index (χ0) is 12.5. The van der Waals surface area contributed by atoms with Crippen molar-refractivity contribution >= 4 is 11.3 Å². The van der Waals surface area contributed by atoms with Gasteiger partial charge in [0.1, 0.15) is 16.0 Å². The molecule has 18 heavy (non-hydrogen) atoms. The predicted octanol–water partition coefficient (Wildman–Crippen LogP) is 1.87. The summed E-state index contributed by atoms with van der Waals surface area (Å²) in [6.45, 7) is 0.568. The third kappa shape index (κ3) is 1.70. The molecule has 0 fully saturated rings. The van der Waals surface area contributed by atoms with E-state index in [1.807, 2.05) is 18.2 Å². The van der Waals surface area contributed by atoms with Gasteiger partial charge >= 0.3 is 0 Å². The number of hydrogen-bond acceptors (Lipinski definition) is 6. The summed E-state index contributed by atoms with van der Waals surface area (Å²) >= 11 is 1.32. The fourth-order valence-electron chi connectivity index (χ4n) is 1.77. The Hall–Kier alpha value is -2.10. The molecule has 0 aliphatic carbocycles. The van der Waals surface area contributed by atoms with Gasteiger partial charge in [0.05, 0.1) is 5.69 Å². The maximum Gasteiger partial charge on any atom is 0.231 e. The number of thiazole rings is 1. The molecule has 1 aliphatic heterocycles. The average molecular weight is 259 g/mol. The first kappa shape index (κ1) is 11.0. The van der Waals surface area contributed by atoms with Crippen LogP contribution in [0, 0.1) is 11.3 Å². The molecule has 0 amide bonds. The third-order valence-electron chi connectivity index (χ3n) is 2.59. The van der Waals surface area contributed by atoms with Gasteiger partial charge in [-0.3, -0.25) is 0 Å². The molecular weight excluding hydrogens is 250 g/mol. The highest BCUT2D eigenvalue weighted by atomic mass is 32.1. The maximum atomic E-state index is 9.11. The van der Waals surface area contributed by atoms with E-state index >= 15 is 0 Å². The van der Waals surface area contributed by atoms with Crippen molar-refractivity contribution in [1.29, 1.82) is 5.26 Å². The van der Waals surface area contributed by atoms with Crippen molar-refractivity contribution in [3.63, 3.8) is 0 Å². The molecule has 1 aromatic carbocycles. The van der Waals surface area contributed by atoms with Gasteiger partial charge < -0.3 is 15.2 Å². The maximum absolute atomic E-state index is 9.11. The van der Waals surface area contributed by atoms with Crippen LogP contribution in [-0.2, 0) is 6.54 Å². The highest BCUT2D eigenvalue weighted by molar-refractivity contribution is 7.12. The van der Waals surface area contributed by atoms with Crippen molar-refractivity contribution in [1.82, 2.24) is 4.98 Å². The van der Waals surface area contributed by atoms with Crippen molar-refractivity contribution in [3.8, 4) is 28.8 Å². The van der Waals surface area contributed by atoms with Crippen LogP contribution in [0.2, 0.25) is 0 Å². The zero-order valence-electron chi connectivity index (χ0n) is 9.34. The fraction of sp³-hybridized carbons (Fsp3) is 0.167. The first-order valence-corrected chi connectivity index (χ1v) is 6.13. The average Bonchev–Trinajstić information content (AvgIpc) is 3.03. The lowest BCUT2D eigenvalue weighted by Crippen LogP contribution is -1.94. The molecule has 1 aromatic heterocycles. The zero-order valence-corrected chi connectivity index (χ0v) is 10.2. The molecule has 0 bridgehead atoms. The monoisotopic (exact) mass is 259 g/mol. The van der Waals surface area contributed by atoms with Crippen LogP contribution in [0.25, 0.3) is 11.3 Å². The van der Waals surface area contributed by atoms with Crippen molar-refractivity contribution in [2.75, 3.05) is 6.79 Å². The molecule has 3 rings (SSSR count). The van der Waals surface area contributed by atoms with Crippen molar-refractivity contribution < 1.29 is 9.47 Å². The van der Waals surface area contributed by atoms with Crippen molar-refractivity contribution in [2.45, 2.75) is 6.54 Å². The number of nitrogens with two attached hydrogens (primary N) is 1. The number of nitriles is 1. The van der Waals surface area contributed by atoms with Crippen LogP contribution >= 0.6 is 11.3 Å². The lowest BCUT2D eigenvalue weighted by Gasteiger charge is -2.00. The number of aromatic nitrogens is 1. The normalized spacial score (nSPS) is 12.4. The standard InChI is InChI=1S/C12H9N3O2S/c13-4-10-12(15-11(5-14)18-10)7-1-2-8-9(3-7)17-6-16-8/h1-3H,5-6,14H2. The van der Waals surface area contributed by atoms with Crippen molar-refractivity contribution in [3.05, 3.63) is 28.1 Å². The topological polar surface area (TPSA) is 81.2 Å². The molecule has 0 saturated heterocycles. The van der Waals surface area contributed by atoms with E-state index in [0.717, 1.165) is 10.6 Å². The fourth-order valence-corrected chi connectivity index (χ4v) is 2.53. The van der Waals surface area contributed by atoms with Gasteiger partial charge in [0, 0.05) is 12.1 Å². The lowest BCUT2D eigenvalue weighted by molar-refractivity contribution is 0.174. The Kier molecular flexibility index (Phi) is 2.63. The Bertz CT molecular complexity index is 645. The molecule has 0 unspecified atom stereocenters. The summed E-state index contributed by atoms with van der Waals surface area (Å²) in [5.41, 5.74) is 7.04. The lowest BCUT2D eigenvalue weighted by atomic mass is 10.1. The van der Waals surface area contributed by atoms with E-state index in [4.69, 9.17) is 20.5 Å². The molecule has 0 saturated carbocycles. The molecule has 0 radical (unpaired) electrons. The highest BCUT2D eigenvalue weighted by Gasteiger charge is 2.17. The van der Waals surface area contributed by atoms with Crippen LogP contribution in [0.4, 0.5) is 0 Å². The van der Waals surface area contributed by atoms with Gasteiger partial charge in [-0.25, -0.2) is 4.98 Å². The van der Waals surface area contributed by atoms with Crippen LogP contribution in [0.5, 0.6) is 11.5 Å². The van der Waals surface area contributed by atoms with Crippen molar-refractivity contribution in [2.24, 2.45) is 5.73 Å². The molecule has 2 heterocycles. The van der Waals surface area contributed by atoms with Gasteiger partial charge in [0.15, 0.2) is 11.5 Å². The summed E-state index contributed by atoms with van der Waals surface area (Å²) in [6.07, 6.45) is 0. The molecule has 1 aliphatic rings. The Balaban J connectivity index is 2.09. The first-order chi connectivity index (χ1) is 8.81. The van der Waals surface area contributed by atoms with E-state index in [2.05, 4.69) is 11.1 Å². The summed E-state index contributed by atoms with van der Waals surface area (Å²) in [5, 5.41) is 9.85. The Morgan fingerprint density at radius 3 is 3.00 bits per heavy atom. The second-order valence-electron chi connectivity index (χ2n) is 3.67. The Labute approximate surface area is 107 Å². The van der Waals surface area contributed by atoms with E-state index in [1.165, 1.54) is 11.3 Å². The van der Waals surface area contributed by atoms with Crippen LogP contribution in [0.1, 0.15) is 9.88 Å². The van der Waals surface area contributed by atoms with Gasteiger partial charge in [-0.2, -0.15) is 5.26 Å². The first-order valence-electron chi connectivity index (χ1n) is 5.31. The SMILES string of the molecule is N#Cc1sc(CN)nc1-c1ccc2c(c1)OCO2. The van der Waals surface area contributed by atoms with Gasteiger partial charge in [0.25, 0.3) is 0 Å². The molecule has 0 atom stereocenters. The molecule has 0 spiro atoms. The minimum absolute atomic E-state index is 0.231. The summed E-state index contributed by atoms with van der Waals surface area (Å²) in [4.78, 5) is 4.93. The Morgan fingerprint density at radius 2 is 2.22 bits per heavy atom. The second-order valence-corrected chi connectivity index (χ2v) is 4.75. The molecule has 6 heteroatoms. The second kappa shape index (κ2) is 4.29. The predicted molar refractivity (Wildman–Crippen MR) is 66.3 cm³/mol. The van der Waals surface area contributed by atoms with E-state index in [0.29, 0.717) is 28.6 Å². The van der Waals surface area contributed by atoms with Gasteiger partial charge in [-0.05, 0) is 18.2 Å². The molecule has 2 N–H and O–H groups in total. The minimum Gasteiger partial charge on any atom is -0.454 e. The van der Waals surface area contributed by atoms with E-state index in [9.17, 15) is 0 Å². The number of hydrogen-bond donors (Lipinski definition) is 1. The number of rotatable bonds is 2. The summed E-state index contributed by atoms with van der Waals surface area (Å²) in [5.74, 6) is 1.39. The number of ether oxygens (including phenoxy) is 2. The van der Waals surface area contributed by atoms with E-state index < -0.39 is 0 Å². The van der Waals surface area contributed by atoms with E-state index in [1.54, 1.807) is 0 Å². The molecule has 5 nitrogen and oxygen atoms in total. The minimum atomic E-state index is 0.231. The smallest absolute Gasteiger partial charge is 0.231 e. The number of fused-ring (bicyclic) bond motifs is 1. The van der Waals surface area contributed by atoms with Gasteiger partial charge in [-0.15, -0.1) is 11.3 Å². The highest BCUT2D eigenvalue weighted by Crippen LogP contribution is 2.37. The Morgan fingerprint density at radius 1 is 1.39 bits per heavy atom. The van der Waals surface area contributed by atoms with Crippen LogP contribution in [0.3, 0.4) is 0 Å². The van der Waals surface area contributed by atoms with Gasteiger partial charge in [-0.1, -0.05) is 0 Å². The third-order valence-corrected chi connectivity index (χ3v) is 3.58. The number of nitrogens with zero attached hydrogens (tertiary/aromatic N) is 2. The molecule has 2 aromatic rings. The van der Waals surface area contributed by atoms with Crippen LogP contribution in [-0.4, -0.2) is 11.8 Å². The summed E-state index contributed by atoms with van der Waals surface area (Å²) in [6, 6.07) is 7.66. The van der Waals surface area contributed by atoms with E-state index in [-0.39, 0.29) is 6.79 Å². The molecule has 90 valence electrons. The van der Waals surface area contributed by atoms with Crippen LogP contribution in [0.15, 0.2) is 18.2 Å². The van der Waals surface area contributed by atoms with Crippen LogP contribution < -0.4 is 15.2 Å². The quantitative estimate of drug-likeness (QED) is 0.890.